The standard InChI is InChI=1S/C21H22N4O4/c26-20(13-29-12-19-23-17-3-1-2-4-18(17)24-19)25-6-5-14(11-25)7-15-8-16(21(27)28)10-22-9-15/h1-4,8-10,14H,5-7,11-13H2,(H,23,24)(H,27,28). The second-order valence-electron chi connectivity index (χ2n) is 7.28. The molecule has 1 fully saturated rings. The summed E-state index contributed by atoms with van der Waals surface area (Å²) in [5.74, 6) is -0.0329. The number of benzene rings is 1. The van der Waals surface area contributed by atoms with Gasteiger partial charge in [0.05, 0.1) is 16.6 Å². The lowest BCUT2D eigenvalue weighted by Gasteiger charge is -2.16. The van der Waals surface area contributed by atoms with Crippen molar-refractivity contribution < 1.29 is 19.4 Å². The van der Waals surface area contributed by atoms with Crippen LogP contribution in [-0.4, -0.2) is 56.5 Å². The molecule has 3 heterocycles. The highest BCUT2D eigenvalue weighted by Crippen LogP contribution is 2.21. The number of hydrogen-bond donors (Lipinski definition) is 2. The molecule has 1 aliphatic heterocycles. The fourth-order valence-corrected chi connectivity index (χ4v) is 3.68. The zero-order chi connectivity index (χ0) is 20.2. The molecule has 150 valence electrons. The second-order valence-corrected chi connectivity index (χ2v) is 7.28. The molecule has 0 bridgehead atoms. The summed E-state index contributed by atoms with van der Waals surface area (Å²) in [4.78, 5) is 36.9. The summed E-state index contributed by atoms with van der Waals surface area (Å²) in [6.07, 6.45) is 4.62. The molecule has 2 aromatic heterocycles. The summed E-state index contributed by atoms with van der Waals surface area (Å²) >= 11 is 0. The van der Waals surface area contributed by atoms with E-state index in [4.69, 9.17) is 9.84 Å². The van der Waals surface area contributed by atoms with Gasteiger partial charge < -0.3 is 19.7 Å². The van der Waals surface area contributed by atoms with Crippen molar-refractivity contribution >= 4 is 22.9 Å². The number of nitrogens with zero attached hydrogens (tertiary/aromatic N) is 3. The molecule has 4 rings (SSSR count). The molecule has 1 saturated heterocycles. The van der Waals surface area contributed by atoms with Crippen LogP contribution in [0.3, 0.4) is 0 Å². The molecular weight excluding hydrogens is 372 g/mol. The number of aromatic amines is 1. The van der Waals surface area contributed by atoms with E-state index in [1.54, 1.807) is 17.2 Å². The number of fused-ring (bicyclic) bond motifs is 1. The maximum atomic E-state index is 12.4. The van der Waals surface area contributed by atoms with Crippen LogP contribution in [0.4, 0.5) is 0 Å². The van der Waals surface area contributed by atoms with E-state index in [2.05, 4.69) is 15.0 Å². The summed E-state index contributed by atoms with van der Waals surface area (Å²) in [5, 5.41) is 9.08. The number of amides is 1. The zero-order valence-electron chi connectivity index (χ0n) is 15.9. The molecule has 1 atom stereocenters. The molecule has 0 radical (unpaired) electrons. The van der Waals surface area contributed by atoms with E-state index in [1.165, 1.54) is 6.20 Å². The third kappa shape index (κ3) is 4.60. The number of imidazole rings is 1. The maximum absolute atomic E-state index is 12.4. The molecular formula is C21H22N4O4. The summed E-state index contributed by atoms with van der Waals surface area (Å²) in [6, 6.07) is 9.38. The normalized spacial score (nSPS) is 16.4. The highest BCUT2D eigenvalue weighted by atomic mass is 16.5. The fraction of sp³-hybridized carbons (Fsp3) is 0.333. The maximum Gasteiger partial charge on any atom is 0.337 e. The SMILES string of the molecule is O=C(O)c1cncc(CC2CCN(C(=O)COCc3nc4ccccc4[nH]3)C2)c1. The average molecular weight is 394 g/mol. The van der Waals surface area contributed by atoms with Crippen LogP contribution in [-0.2, 0) is 22.6 Å². The number of likely N-dealkylation sites (tertiary alicyclic amines) is 1. The third-order valence-corrected chi connectivity index (χ3v) is 5.11. The van der Waals surface area contributed by atoms with Crippen molar-refractivity contribution in [1.82, 2.24) is 19.9 Å². The Kier molecular flexibility index (Phi) is 5.53. The van der Waals surface area contributed by atoms with Gasteiger partial charge in [0, 0.05) is 25.5 Å². The molecule has 2 N–H and O–H groups in total. The largest absolute Gasteiger partial charge is 0.478 e. The van der Waals surface area contributed by atoms with E-state index in [0.29, 0.717) is 31.3 Å². The van der Waals surface area contributed by atoms with Crippen molar-refractivity contribution in [3.63, 3.8) is 0 Å². The van der Waals surface area contributed by atoms with Crippen molar-refractivity contribution in [2.45, 2.75) is 19.4 Å². The van der Waals surface area contributed by atoms with E-state index < -0.39 is 5.97 Å². The molecule has 1 aliphatic rings. The van der Waals surface area contributed by atoms with Gasteiger partial charge in [-0.25, -0.2) is 9.78 Å². The number of H-pyrrole nitrogens is 1. The average Bonchev–Trinajstić information content (AvgIpc) is 3.34. The number of aromatic carboxylic acids is 1. The minimum atomic E-state index is -0.982. The summed E-state index contributed by atoms with van der Waals surface area (Å²) < 4.78 is 5.56. The number of carbonyl (C=O) groups excluding carboxylic acids is 1. The van der Waals surface area contributed by atoms with E-state index in [0.717, 1.165) is 23.0 Å². The Morgan fingerprint density at radius 3 is 2.97 bits per heavy atom. The lowest BCUT2D eigenvalue weighted by molar-refractivity contribution is -0.135. The minimum absolute atomic E-state index is 0.0137. The first kappa shape index (κ1) is 19.1. The van der Waals surface area contributed by atoms with E-state index >= 15 is 0 Å². The van der Waals surface area contributed by atoms with Crippen LogP contribution >= 0.6 is 0 Å². The molecule has 0 saturated carbocycles. The number of pyridine rings is 1. The number of nitrogens with one attached hydrogen (secondary N) is 1. The predicted molar refractivity (Wildman–Crippen MR) is 105 cm³/mol. The molecule has 8 nitrogen and oxygen atoms in total. The van der Waals surface area contributed by atoms with Crippen LogP contribution in [0.2, 0.25) is 0 Å². The van der Waals surface area contributed by atoms with Gasteiger partial charge in [-0.2, -0.15) is 0 Å². The summed E-state index contributed by atoms with van der Waals surface area (Å²) in [5.41, 5.74) is 2.89. The molecule has 3 aromatic rings. The quantitative estimate of drug-likeness (QED) is 0.636. The number of para-hydroxylation sites is 2. The van der Waals surface area contributed by atoms with Gasteiger partial charge >= 0.3 is 5.97 Å². The van der Waals surface area contributed by atoms with E-state index in [-0.39, 0.29) is 24.7 Å². The van der Waals surface area contributed by atoms with Gasteiger partial charge in [-0.3, -0.25) is 9.78 Å². The Labute approximate surface area is 167 Å². The molecule has 0 aliphatic carbocycles. The Hall–Kier alpha value is -3.26. The smallest absolute Gasteiger partial charge is 0.337 e. The first-order valence-corrected chi connectivity index (χ1v) is 9.55. The molecule has 1 amide bonds. The minimum Gasteiger partial charge on any atom is -0.478 e. The number of ether oxygens (including phenoxy) is 1. The van der Waals surface area contributed by atoms with Crippen LogP contribution in [0.5, 0.6) is 0 Å². The number of carbonyl (C=O) groups is 2. The Bertz CT molecular complexity index is 999. The van der Waals surface area contributed by atoms with Gasteiger partial charge in [-0.15, -0.1) is 0 Å². The fourth-order valence-electron chi connectivity index (χ4n) is 3.68. The van der Waals surface area contributed by atoms with Crippen LogP contribution in [0, 0.1) is 5.92 Å². The Morgan fingerprint density at radius 2 is 2.14 bits per heavy atom. The number of hydrogen-bond acceptors (Lipinski definition) is 5. The van der Waals surface area contributed by atoms with Crippen LogP contribution in [0.15, 0.2) is 42.7 Å². The molecule has 0 spiro atoms. The number of carboxylic acids is 1. The van der Waals surface area contributed by atoms with Gasteiger partial charge in [-0.05, 0) is 42.5 Å². The van der Waals surface area contributed by atoms with Gasteiger partial charge in [0.25, 0.3) is 0 Å². The zero-order valence-corrected chi connectivity index (χ0v) is 15.9. The van der Waals surface area contributed by atoms with Crippen LogP contribution < -0.4 is 0 Å². The lowest BCUT2D eigenvalue weighted by Crippen LogP contribution is -2.32. The first-order valence-electron chi connectivity index (χ1n) is 9.55. The number of aromatic nitrogens is 3. The summed E-state index contributed by atoms with van der Waals surface area (Å²) in [7, 11) is 0. The van der Waals surface area contributed by atoms with Crippen molar-refractivity contribution in [2.24, 2.45) is 5.92 Å². The van der Waals surface area contributed by atoms with E-state index in [1.807, 2.05) is 24.3 Å². The topological polar surface area (TPSA) is 108 Å². The van der Waals surface area contributed by atoms with Gasteiger partial charge in [0.15, 0.2) is 0 Å². The third-order valence-electron chi connectivity index (χ3n) is 5.11. The summed E-state index contributed by atoms with van der Waals surface area (Å²) in [6.45, 7) is 1.60. The monoisotopic (exact) mass is 394 g/mol. The lowest BCUT2D eigenvalue weighted by atomic mass is 9.99. The highest BCUT2D eigenvalue weighted by Gasteiger charge is 2.26. The van der Waals surface area contributed by atoms with Crippen molar-refractivity contribution in [3.8, 4) is 0 Å². The molecule has 8 heteroatoms. The van der Waals surface area contributed by atoms with Crippen molar-refractivity contribution in [3.05, 3.63) is 59.7 Å². The van der Waals surface area contributed by atoms with Crippen LogP contribution in [0.25, 0.3) is 11.0 Å². The van der Waals surface area contributed by atoms with Gasteiger partial charge in [-0.1, -0.05) is 12.1 Å². The molecule has 1 aromatic carbocycles. The number of rotatable bonds is 7. The van der Waals surface area contributed by atoms with Crippen molar-refractivity contribution in [2.75, 3.05) is 19.7 Å². The van der Waals surface area contributed by atoms with Gasteiger partial charge in [0.1, 0.15) is 19.0 Å². The van der Waals surface area contributed by atoms with Crippen molar-refractivity contribution in [1.29, 1.82) is 0 Å². The predicted octanol–water partition coefficient (Wildman–Crippen LogP) is 2.26. The Balaban J connectivity index is 1.25. The van der Waals surface area contributed by atoms with E-state index in [9.17, 15) is 9.59 Å². The van der Waals surface area contributed by atoms with Gasteiger partial charge in [0.2, 0.25) is 5.91 Å². The highest BCUT2D eigenvalue weighted by molar-refractivity contribution is 5.87. The second kappa shape index (κ2) is 8.40. The van der Waals surface area contributed by atoms with Crippen LogP contribution in [0.1, 0.15) is 28.2 Å². The number of carboxylic acid groups (broad SMARTS) is 1. The Morgan fingerprint density at radius 1 is 1.28 bits per heavy atom. The molecule has 1 unspecified atom stereocenters. The molecule has 29 heavy (non-hydrogen) atoms. The first-order chi connectivity index (χ1) is 14.1.